The molecular weight excluding hydrogens is 298 g/mol. The molecular formula is C15H17N5O3. The highest BCUT2D eigenvalue weighted by Gasteiger charge is 2.22. The van der Waals surface area contributed by atoms with Crippen molar-refractivity contribution in [1.29, 1.82) is 0 Å². The van der Waals surface area contributed by atoms with Crippen LogP contribution >= 0.6 is 0 Å². The molecule has 23 heavy (non-hydrogen) atoms. The highest BCUT2D eigenvalue weighted by atomic mass is 16.2. The molecule has 0 unspecified atom stereocenters. The lowest BCUT2D eigenvalue weighted by molar-refractivity contribution is -0.117. The van der Waals surface area contributed by atoms with E-state index in [0.717, 1.165) is 5.56 Å². The summed E-state index contributed by atoms with van der Waals surface area (Å²) < 4.78 is 0. The zero-order valence-corrected chi connectivity index (χ0v) is 13.1. The number of ketones is 1. The molecule has 0 aliphatic heterocycles. The average Bonchev–Trinajstić information content (AvgIpc) is 2.89. The summed E-state index contributed by atoms with van der Waals surface area (Å²) in [6.07, 6.45) is 3.19. The van der Waals surface area contributed by atoms with E-state index in [4.69, 9.17) is 0 Å². The Labute approximate surface area is 132 Å². The minimum absolute atomic E-state index is 0.0258. The smallest absolute Gasteiger partial charge is 0.274 e. The standard InChI is InChI=1S/C15H17N5O3/c1-9(21)8-20(3)15(23)12-14(17-10(2)22)19-13(18-12)11-4-6-16-7-5-11/h4-7H,8H2,1-3H3,(H,17,22)(H,18,19). The van der Waals surface area contributed by atoms with E-state index in [2.05, 4.69) is 20.3 Å². The minimum Gasteiger partial charge on any atom is -0.333 e. The molecule has 0 fully saturated rings. The van der Waals surface area contributed by atoms with E-state index in [1.807, 2.05) is 0 Å². The molecule has 0 aromatic carbocycles. The summed E-state index contributed by atoms with van der Waals surface area (Å²) in [5.74, 6) is -0.367. The van der Waals surface area contributed by atoms with Crippen molar-refractivity contribution in [1.82, 2.24) is 19.9 Å². The first-order valence-electron chi connectivity index (χ1n) is 6.91. The zero-order valence-electron chi connectivity index (χ0n) is 13.1. The molecule has 2 heterocycles. The Morgan fingerprint density at radius 3 is 2.43 bits per heavy atom. The number of aromatic nitrogens is 3. The molecule has 2 aromatic rings. The number of likely N-dealkylation sites (N-methyl/N-ethyl adjacent to an activating group) is 1. The van der Waals surface area contributed by atoms with Crippen molar-refractivity contribution in [3.8, 4) is 11.4 Å². The minimum atomic E-state index is -0.434. The molecule has 2 N–H and O–H groups in total. The maximum absolute atomic E-state index is 12.5. The molecule has 0 spiro atoms. The number of carbonyl (C=O) groups is 3. The number of nitrogens with zero attached hydrogens (tertiary/aromatic N) is 3. The van der Waals surface area contributed by atoms with Gasteiger partial charge in [0, 0.05) is 31.9 Å². The second-order valence-corrected chi connectivity index (χ2v) is 5.09. The molecule has 0 aliphatic rings. The molecule has 2 rings (SSSR count). The van der Waals surface area contributed by atoms with E-state index in [0.29, 0.717) is 5.82 Å². The number of rotatable bonds is 5. The Morgan fingerprint density at radius 1 is 1.22 bits per heavy atom. The number of aromatic amines is 1. The monoisotopic (exact) mass is 315 g/mol. The number of Topliss-reactive ketones (excluding diaryl/α,β-unsaturated/α-hetero) is 1. The van der Waals surface area contributed by atoms with E-state index < -0.39 is 5.91 Å². The fraction of sp³-hybridized carbons (Fsp3) is 0.267. The van der Waals surface area contributed by atoms with Gasteiger partial charge in [0.2, 0.25) is 5.91 Å². The molecule has 0 bridgehead atoms. The number of imidazole rings is 1. The van der Waals surface area contributed by atoms with E-state index in [9.17, 15) is 14.4 Å². The number of nitrogens with one attached hydrogen (secondary N) is 2. The van der Waals surface area contributed by atoms with Crippen LogP contribution in [0.3, 0.4) is 0 Å². The fourth-order valence-corrected chi connectivity index (χ4v) is 2.03. The van der Waals surface area contributed by atoms with Gasteiger partial charge in [-0.15, -0.1) is 0 Å². The largest absolute Gasteiger partial charge is 0.333 e. The second-order valence-electron chi connectivity index (χ2n) is 5.09. The van der Waals surface area contributed by atoms with Crippen molar-refractivity contribution >= 4 is 23.4 Å². The normalized spacial score (nSPS) is 10.2. The van der Waals surface area contributed by atoms with Gasteiger partial charge in [-0.1, -0.05) is 0 Å². The summed E-state index contributed by atoms with van der Waals surface area (Å²) in [5.41, 5.74) is 0.843. The third kappa shape index (κ3) is 4.00. The van der Waals surface area contributed by atoms with Crippen molar-refractivity contribution in [2.75, 3.05) is 18.9 Å². The SMILES string of the molecule is CC(=O)CN(C)C(=O)c1[nH]c(-c2ccncc2)nc1NC(C)=O. The Morgan fingerprint density at radius 2 is 1.87 bits per heavy atom. The molecule has 8 nitrogen and oxygen atoms in total. The van der Waals surface area contributed by atoms with Gasteiger partial charge in [0.05, 0.1) is 6.54 Å². The summed E-state index contributed by atoms with van der Waals surface area (Å²) in [6.45, 7) is 2.70. The number of amides is 2. The van der Waals surface area contributed by atoms with Crippen molar-refractivity contribution < 1.29 is 14.4 Å². The average molecular weight is 315 g/mol. The number of anilines is 1. The number of hydrogen-bond acceptors (Lipinski definition) is 5. The molecule has 2 aromatic heterocycles. The van der Waals surface area contributed by atoms with Gasteiger partial charge < -0.3 is 15.2 Å². The summed E-state index contributed by atoms with van der Waals surface area (Å²) in [7, 11) is 1.51. The van der Waals surface area contributed by atoms with Crippen molar-refractivity contribution in [2.24, 2.45) is 0 Å². The van der Waals surface area contributed by atoms with Crippen molar-refractivity contribution in [3.05, 3.63) is 30.2 Å². The van der Waals surface area contributed by atoms with Gasteiger partial charge in [0.1, 0.15) is 17.3 Å². The first-order chi connectivity index (χ1) is 10.9. The lowest BCUT2D eigenvalue weighted by Gasteiger charge is -2.14. The Hall–Kier alpha value is -3.03. The summed E-state index contributed by atoms with van der Waals surface area (Å²) in [6, 6.07) is 3.45. The van der Waals surface area contributed by atoms with E-state index in [-0.39, 0.29) is 29.7 Å². The van der Waals surface area contributed by atoms with E-state index in [1.165, 1.54) is 25.8 Å². The van der Waals surface area contributed by atoms with Crippen LogP contribution < -0.4 is 5.32 Å². The van der Waals surface area contributed by atoms with Crippen LogP contribution in [0, 0.1) is 0 Å². The summed E-state index contributed by atoms with van der Waals surface area (Å²) in [4.78, 5) is 47.3. The Bertz CT molecular complexity index is 739. The fourth-order valence-electron chi connectivity index (χ4n) is 2.03. The number of pyridine rings is 1. The molecule has 0 aliphatic carbocycles. The van der Waals surface area contributed by atoms with E-state index >= 15 is 0 Å². The van der Waals surface area contributed by atoms with Gasteiger partial charge in [-0.2, -0.15) is 0 Å². The lowest BCUT2D eigenvalue weighted by Crippen LogP contribution is -2.32. The van der Waals surface area contributed by atoms with Crippen LogP contribution in [0.2, 0.25) is 0 Å². The molecule has 120 valence electrons. The zero-order chi connectivity index (χ0) is 17.0. The van der Waals surface area contributed by atoms with Crippen LogP contribution in [-0.4, -0.2) is 51.0 Å². The number of H-pyrrole nitrogens is 1. The Kier molecular flexibility index (Phi) is 4.85. The molecule has 2 amide bonds. The van der Waals surface area contributed by atoms with Crippen LogP contribution in [0.25, 0.3) is 11.4 Å². The first-order valence-corrected chi connectivity index (χ1v) is 6.91. The maximum atomic E-state index is 12.5. The van der Waals surface area contributed by atoms with Gasteiger partial charge >= 0.3 is 0 Å². The molecule has 0 atom stereocenters. The van der Waals surface area contributed by atoms with Crippen LogP contribution in [0.4, 0.5) is 5.82 Å². The molecule has 8 heteroatoms. The predicted molar refractivity (Wildman–Crippen MR) is 83.8 cm³/mol. The highest BCUT2D eigenvalue weighted by molar-refractivity contribution is 6.02. The molecule has 0 saturated heterocycles. The second kappa shape index (κ2) is 6.82. The molecule has 0 radical (unpaired) electrons. The van der Waals surface area contributed by atoms with E-state index in [1.54, 1.807) is 24.5 Å². The maximum Gasteiger partial charge on any atom is 0.274 e. The van der Waals surface area contributed by atoms with Gasteiger partial charge in [-0.05, 0) is 19.1 Å². The third-order valence-electron chi connectivity index (χ3n) is 2.97. The third-order valence-corrected chi connectivity index (χ3v) is 2.97. The van der Waals surface area contributed by atoms with Gasteiger partial charge in [0.25, 0.3) is 5.91 Å². The molecule has 0 saturated carbocycles. The topological polar surface area (TPSA) is 108 Å². The van der Waals surface area contributed by atoms with Crippen LogP contribution in [-0.2, 0) is 9.59 Å². The van der Waals surface area contributed by atoms with Crippen LogP contribution in [0.5, 0.6) is 0 Å². The lowest BCUT2D eigenvalue weighted by atomic mass is 10.2. The summed E-state index contributed by atoms with van der Waals surface area (Å²) in [5, 5.41) is 2.52. The number of hydrogen-bond donors (Lipinski definition) is 2. The van der Waals surface area contributed by atoms with Crippen LogP contribution in [0.15, 0.2) is 24.5 Å². The first kappa shape index (κ1) is 16.3. The Balaban J connectivity index is 2.40. The highest BCUT2D eigenvalue weighted by Crippen LogP contribution is 2.22. The van der Waals surface area contributed by atoms with Crippen molar-refractivity contribution in [3.63, 3.8) is 0 Å². The number of carbonyl (C=O) groups excluding carboxylic acids is 3. The van der Waals surface area contributed by atoms with Gasteiger partial charge in [-0.25, -0.2) is 4.98 Å². The van der Waals surface area contributed by atoms with Gasteiger partial charge in [0.15, 0.2) is 5.82 Å². The summed E-state index contributed by atoms with van der Waals surface area (Å²) >= 11 is 0. The van der Waals surface area contributed by atoms with Crippen LogP contribution in [0.1, 0.15) is 24.3 Å². The predicted octanol–water partition coefficient (Wildman–Crippen LogP) is 1.09. The quantitative estimate of drug-likeness (QED) is 0.858. The van der Waals surface area contributed by atoms with Crippen molar-refractivity contribution in [2.45, 2.75) is 13.8 Å². The van der Waals surface area contributed by atoms with Gasteiger partial charge in [-0.3, -0.25) is 19.4 Å².